The quantitative estimate of drug-likeness (QED) is 0.842. The van der Waals surface area contributed by atoms with Crippen LogP contribution in [-0.4, -0.2) is 45.7 Å². The number of methoxy groups -OCH3 is 1. The van der Waals surface area contributed by atoms with Gasteiger partial charge < -0.3 is 4.74 Å². The second kappa shape index (κ2) is 5.14. The van der Waals surface area contributed by atoms with Crippen molar-refractivity contribution >= 4 is 10.0 Å². The van der Waals surface area contributed by atoms with E-state index in [9.17, 15) is 8.42 Å². The summed E-state index contributed by atoms with van der Waals surface area (Å²) in [7, 11) is -1.83. The predicted octanol–water partition coefficient (Wildman–Crippen LogP) is 0.253. The molecule has 94 valence electrons. The first-order chi connectivity index (χ1) is 8.14. The van der Waals surface area contributed by atoms with E-state index in [0.717, 1.165) is 0 Å². The van der Waals surface area contributed by atoms with Gasteiger partial charge in [-0.15, -0.1) is 0 Å². The monoisotopic (exact) mass is 256 g/mol. The highest BCUT2D eigenvalue weighted by atomic mass is 32.2. The van der Waals surface area contributed by atoms with E-state index in [2.05, 4.69) is 5.32 Å². The Balaban J connectivity index is 2.21. The van der Waals surface area contributed by atoms with Gasteiger partial charge in [0.1, 0.15) is 6.23 Å². The molecule has 1 heterocycles. The fourth-order valence-corrected chi connectivity index (χ4v) is 3.27. The summed E-state index contributed by atoms with van der Waals surface area (Å²) in [6.45, 7) is 1.41. The van der Waals surface area contributed by atoms with Crippen LogP contribution in [-0.2, 0) is 14.8 Å². The minimum Gasteiger partial charge on any atom is -0.365 e. The summed E-state index contributed by atoms with van der Waals surface area (Å²) >= 11 is 0. The van der Waals surface area contributed by atoms with Crippen LogP contribution in [0, 0.1) is 0 Å². The van der Waals surface area contributed by atoms with Crippen LogP contribution in [0.1, 0.15) is 0 Å². The molecule has 1 aromatic carbocycles. The summed E-state index contributed by atoms with van der Waals surface area (Å²) in [5, 5.41) is 3.09. The molecule has 5 nitrogen and oxygen atoms in total. The van der Waals surface area contributed by atoms with Crippen LogP contribution in [0.2, 0.25) is 0 Å². The van der Waals surface area contributed by atoms with Gasteiger partial charge in [0.15, 0.2) is 0 Å². The van der Waals surface area contributed by atoms with Gasteiger partial charge in [-0.3, -0.25) is 5.32 Å². The lowest BCUT2D eigenvalue weighted by Crippen LogP contribution is -2.53. The first kappa shape index (κ1) is 12.5. The number of hydrogen-bond acceptors (Lipinski definition) is 4. The molecule has 6 heteroatoms. The van der Waals surface area contributed by atoms with Gasteiger partial charge in [0, 0.05) is 20.2 Å². The van der Waals surface area contributed by atoms with E-state index < -0.39 is 10.0 Å². The number of piperazine rings is 1. The standard InChI is InChI=1S/C11H16N2O3S/c1-16-11-9-13(8-7-12-11)17(14,15)10-5-3-2-4-6-10/h2-6,11-12H,7-9H2,1H3/t11-/m0/s1. The molecule has 17 heavy (non-hydrogen) atoms. The van der Waals surface area contributed by atoms with Gasteiger partial charge in [-0.2, -0.15) is 4.31 Å². The molecule has 1 aromatic rings. The van der Waals surface area contributed by atoms with Crippen molar-refractivity contribution in [3.63, 3.8) is 0 Å². The van der Waals surface area contributed by atoms with E-state index >= 15 is 0 Å². The highest BCUT2D eigenvalue weighted by Crippen LogP contribution is 2.16. The molecule has 1 N–H and O–H groups in total. The predicted molar refractivity (Wildman–Crippen MR) is 64.0 cm³/mol. The lowest BCUT2D eigenvalue weighted by Gasteiger charge is -2.31. The van der Waals surface area contributed by atoms with Crippen LogP contribution in [0.25, 0.3) is 0 Å². The fraction of sp³-hybridized carbons (Fsp3) is 0.455. The average Bonchev–Trinajstić information content (AvgIpc) is 2.40. The van der Waals surface area contributed by atoms with E-state index in [0.29, 0.717) is 24.5 Å². The molecule has 0 aromatic heterocycles. The molecule has 0 radical (unpaired) electrons. The SMILES string of the molecule is CO[C@H]1CN(S(=O)(=O)c2ccccc2)CCN1. The molecule has 0 amide bonds. The van der Waals surface area contributed by atoms with Gasteiger partial charge in [0.25, 0.3) is 0 Å². The molecule has 0 aliphatic carbocycles. The third kappa shape index (κ3) is 2.66. The molecule has 0 unspecified atom stereocenters. The number of rotatable bonds is 3. The Bertz CT molecular complexity index is 461. The Morgan fingerprint density at radius 1 is 1.35 bits per heavy atom. The maximum absolute atomic E-state index is 12.3. The van der Waals surface area contributed by atoms with Crippen molar-refractivity contribution < 1.29 is 13.2 Å². The van der Waals surface area contributed by atoms with Gasteiger partial charge in [0.2, 0.25) is 10.0 Å². The van der Waals surface area contributed by atoms with Crippen LogP contribution in [0.5, 0.6) is 0 Å². The lowest BCUT2D eigenvalue weighted by atomic mass is 10.4. The molecule has 1 fully saturated rings. The first-order valence-electron chi connectivity index (χ1n) is 5.46. The highest BCUT2D eigenvalue weighted by molar-refractivity contribution is 7.89. The summed E-state index contributed by atoms with van der Waals surface area (Å²) in [5.74, 6) is 0. The van der Waals surface area contributed by atoms with Gasteiger partial charge in [-0.05, 0) is 12.1 Å². The van der Waals surface area contributed by atoms with Crippen molar-refractivity contribution in [3.05, 3.63) is 30.3 Å². The number of benzene rings is 1. The summed E-state index contributed by atoms with van der Waals surface area (Å²) in [6.07, 6.45) is -0.234. The fourth-order valence-electron chi connectivity index (χ4n) is 1.81. The zero-order chi connectivity index (χ0) is 12.3. The van der Waals surface area contributed by atoms with Crippen molar-refractivity contribution in [1.29, 1.82) is 0 Å². The zero-order valence-corrected chi connectivity index (χ0v) is 10.5. The number of sulfonamides is 1. The summed E-state index contributed by atoms with van der Waals surface area (Å²) in [6, 6.07) is 8.47. The van der Waals surface area contributed by atoms with E-state index in [4.69, 9.17) is 4.74 Å². The van der Waals surface area contributed by atoms with Crippen LogP contribution in [0.15, 0.2) is 35.2 Å². The van der Waals surface area contributed by atoms with Gasteiger partial charge in [-0.1, -0.05) is 18.2 Å². The Hall–Kier alpha value is -0.950. The maximum atomic E-state index is 12.3. The molecule has 0 saturated carbocycles. The molecular weight excluding hydrogens is 240 g/mol. The molecule has 1 aliphatic rings. The summed E-state index contributed by atoms with van der Waals surface area (Å²) in [4.78, 5) is 0.330. The van der Waals surface area contributed by atoms with Crippen molar-refractivity contribution in [3.8, 4) is 0 Å². The van der Waals surface area contributed by atoms with Gasteiger partial charge in [-0.25, -0.2) is 8.42 Å². The molecule has 0 bridgehead atoms. The minimum atomic E-state index is -3.39. The highest BCUT2D eigenvalue weighted by Gasteiger charge is 2.29. The Morgan fingerprint density at radius 2 is 2.06 bits per heavy atom. The molecular formula is C11H16N2O3S. The van der Waals surface area contributed by atoms with E-state index in [1.165, 1.54) is 4.31 Å². The van der Waals surface area contributed by atoms with Crippen LogP contribution in [0.3, 0.4) is 0 Å². The van der Waals surface area contributed by atoms with Crippen LogP contribution in [0.4, 0.5) is 0 Å². The van der Waals surface area contributed by atoms with E-state index in [-0.39, 0.29) is 6.23 Å². The third-order valence-electron chi connectivity index (χ3n) is 2.77. The Morgan fingerprint density at radius 3 is 2.71 bits per heavy atom. The molecule has 2 rings (SSSR count). The third-order valence-corrected chi connectivity index (χ3v) is 4.65. The number of hydrogen-bond donors (Lipinski definition) is 1. The van der Waals surface area contributed by atoms with Crippen LogP contribution < -0.4 is 5.32 Å². The topological polar surface area (TPSA) is 58.6 Å². The van der Waals surface area contributed by atoms with Crippen molar-refractivity contribution in [2.75, 3.05) is 26.7 Å². The minimum absolute atomic E-state index is 0.234. The van der Waals surface area contributed by atoms with Crippen molar-refractivity contribution in [2.24, 2.45) is 0 Å². The molecule has 1 aliphatic heterocycles. The van der Waals surface area contributed by atoms with Crippen molar-refractivity contribution in [1.82, 2.24) is 9.62 Å². The largest absolute Gasteiger partial charge is 0.365 e. The summed E-state index contributed by atoms with van der Waals surface area (Å²) < 4.78 is 31.2. The molecule has 1 atom stereocenters. The number of nitrogens with one attached hydrogen (secondary N) is 1. The molecule has 1 saturated heterocycles. The average molecular weight is 256 g/mol. The lowest BCUT2D eigenvalue weighted by molar-refractivity contribution is 0.0399. The number of nitrogens with zero attached hydrogens (tertiary/aromatic N) is 1. The second-order valence-corrected chi connectivity index (χ2v) is 5.79. The van der Waals surface area contributed by atoms with E-state index in [1.807, 2.05) is 0 Å². The first-order valence-corrected chi connectivity index (χ1v) is 6.90. The van der Waals surface area contributed by atoms with Gasteiger partial charge in [0.05, 0.1) is 11.4 Å². The smallest absolute Gasteiger partial charge is 0.243 e. The Labute approximate surface area is 101 Å². The Kier molecular flexibility index (Phi) is 3.78. The van der Waals surface area contributed by atoms with Crippen LogP contribution >= 0.6 is 0 Å². The van der Waals surface area contributed by atoms with Gasteiger partial charge >= 0.3 is 0 Å². The summed E-state index contributed by atoms with van der Waals surface area (Å²) in [5.41, 5.74) is 0. The normalized spacial score (nSPS) is 22.5. The molecule has 0 spiro atoms. The zero-order valence-electron chi connectivity index (χ0n) is 9.67. The number of ether oxygens (including phenoxy) is 1. The van der Waals surface area contributed by atoms with Crippen molar-refractivity contribution in [2.45, 2.75) is 11.1 Å². The maximum Gasteiger partial charge on any atom is 0.243 e. The second-order valence-electron chi connectivity index (χ2n) is 3.85. The van der Waals surface area contributed by atoms with E-state index in [1.54, 1.807) is 37.4 Å².